The van der Waals surface area contributed by atoms with Gasteiger partial charge in [-0.05, 0) is 25.2 Å². The molecular formula is C10H21NO. The standard InChI is InChI=1S/C10H21NO/c1-4-10(7(2)3)11-8-5-9(12)6-8/h7-12H,4-6H2,1-3H3. The van der Waals surface area contributed by atoms with Gasteiger partial charge >= 0.3 is 0 Å². The maximum absolute atomic E-state index is 9.10. The molecule has 0 heterocycles. The van der Waals surface area contributed by atoms with Gasteiger partial charge in [0.1, 0.15) is 0 Å². The highest BCUT2D eigenvalue weighted by Crippen LogP contribution is 2.21. The van der Waals surface area contributed by atoms with E-state index in [1.54, 1.807) is 0 Å². The van der Waals surface area contributed by atoms with E-state index >= 15 is 0 Å². The topological polar surface area (TPSA) is 32.3 Å². The fourth-order valence-electron chi connectivity index (χ4n) is 1.81. The second-order valence-electron chi connectivity index (χ2n) is 4.25. The number of hydrogen-bond donors (Lipinski definition) is 2. The normalized spacial score (nSPS) is 31.8. The molecule has 0 bridgehead atoms. The first-order chi connectivity index (χ1) is 5.63. The van der Waals surface area contributed by atoms with Crippen LogP contribution >= 0.6 is 0 Å². The van der Waals surface area contributed by atoms with Crippen molar-refractivity contribution in [3.05, 3.63) is 0 Å². The lowest BCUT2D eigenvalue weighted by Gasteiger charge is -2.36. The summed E-state index contributed by atoms with van der Waals surface area (Å²) in [5, 5.41) is 12.7. The number of rotatable bonds is 4. The van der Waals surface area contributed by atoms with Gasteiger partial charge in [-0.25, -0.2) is 0 Å². The monoisotopic (exact) mass is 171 g/mol. The van der Waals surface area contributed by atoms with Crippen LogP contribution in [0.2, 0.25) is 0 Å². The van der Waals surface area contributed by atoms with E-state index in [-0.39, 0.29) is 6.10 Å². The highest BCUT2D eigenvalue weighted by atomic mass is 16.3. The molecule has 0 spiro atoms. The molecule has 0 aromatic rings. The van der Waals surface area contributed by atoms with Gasteiger partial charge < -0.3 is 10.4 Å². The minimum atomic E-state index is -0.0350. The van der Waals surface area contributed by atoms with Gasteiger partial charge in [-0.1, -0.05) is 20.8 Å². The smallest absolute Gasteiger partial charge is 0.0570 e. The zero-order chi connectivity index (χ0) is 9.14. The lowest BCUT2D eigenvalue weighted by molar-refractivity contribution is 0.0545. The predicted octanol–water partition coefficient (Wildman–Crippen LogP) is 1.53. The van der Waals surface area contributed by atoms with Gasteiger partial charge in [0, 0.05) is 12.1 Å². The fourth-order valence-corrected chi connectivity index (χ4v) is 1.81. The van der Waals surface area contributed by atoms with Crippen LogP contribution in [-0.2, 0) is 0 Å². The number of hydrogen-bond acceptors (Lipinski definition) is 2. The predicted molar refractivity (Wildman–Crippen MR) is 51.1 cm³/mol. The van der Waals surface area contributed by atoms with Crippen LogP contribution in [0.25, 0.3) is 0 Å². The minimum Gasteiger partial charge on any atom is -0.393 e. The summed E-state index contributed by atoms with van der Waals surface area (Å²) in [5.41, 5.74) is 0. The lowest BCUT2D eigenvalue weighted by atomic mass is 9.87. The molecule has 0 aliphatic heterocycles. The SMILES string of the molecule is CCC(NC1CC(O)C1)C(C)C. The van der Waals surface area contributed by atoms with E-state index in [0.29, 0.717) is 18.0 Å². The van der Waals surface area contributed by atoms with Crippen molar-refractivity contribution in [1.82, 2.24) is 5.32 Å². The molecule has 1 unspecified atom stereocenters. The molecule has 0 saturated heterocycles. The first kappa shape index (κ1) is 10.0. The van der Waals surface area contributed by atoms with Gasteiger partial charge in [-0.15, -0.1) is 0 Å². The Morgan fingerprint density at radius 2 is 2.00 bits per heavy atom. The largest absolute Gasteiger partial charge is 0.393 e. The average Bonchev–Trinajstić information content (AvgIpc) is 1.95. The third kappa shape index (κ3) is 2.46. The van der Waals surface area contributed by atoms with Crippen molar-refractivity contribution < 1.29 is 5.11 Å². The number of aliphatic hydroxyl groups excluding tert-OH is 1. The molecule has 0 aromatic heterocycles. The molecule has 0 aromatic carbocycles. The molecule has 72 valence electrons. The molecule has 1 fully saturated rings. The quantitative estimate of drug-likeness (QED) is 0.672. The van der Waals surface area contributed by atoms with E-state index in [1.807, 2.05) is 0 Å². The van der Waals surface area contributed by atoms with Crippen LogP contribution in [0.15, 0.2) is 0 Å². The summed E-state index contributed by atoms with van der Waals surface area (Å²) in [4.78, 5) is 0. The molecule has 2 N–H and O–H groups in total. The summed E-state index contributed by atoms with van der Waals surface area (Å²) in [6.45, 7) is 6.71. The number of nitrogens with one attached hydrogen (secondary N) is 1. The molecule has 2 heteroatoms. The Labute approximate surface area is 75.4 Å². The van der Waals surface area contributed by atoms with Crippen molar-refractivity contribution in [1.29, 1.82) is 0 Å². The lowest BCUT2D eigenvalue weighted by Crippen LogP contribution is -2.49. The van der Waals surface area contributed by atoms with Crippen LogP contribution in [0.3, 0.4) is 0 Å². The zero-order valence-corrected chi connectivity index (χ0v) is 8.38. The molecule has 2 nitrogen and oxygen atoms in total. The van der Waals surface area contributed by atoms with Gasteiger partial charge in [0.25, 0.3) is 0 Å². The van der Waals surface area contributed by atoms with E-state index in [0.717, 1.165) is 12.8 Å². The van der Waals surface area contributed by atoms with Gasteiger partial charge in [0.05, 0.1) is 6.10 Å². The maximum Gasteiger partial charge on any atom is 0.0570 e. The van der Waals surface area contributed by atoms with Gasteiger partial charge in [0.2, 0.25) is 0 Å². The zero-order valence-electron chi connectivity index (χ0n) is 8.38. The first-order valence-corrected chi connectivity index (χ1v) is 5.07. The number of aliphatic hydroxyl groups is 1. The third-order valence-electron chi connectivity index (χ3n) is 2.81. The molecule has 1 atom stereocenters. The Morgan fingerprint density at radius 3 is 2.33 bits per heavy atom. The Balaban J connectivity index is 2.19. The Kier molecular flexibility index (Phi) is 3.53. The average molecular weight is 171 g/mol. The van der Waals surface area contributed by atoms with Crippen LogP contribution in [0.1, 0.15) is 40.0 Å². The summed E-state index contributed by atoms with van der Waals surface area (Å²) < 4.78 is 0. The molecule has 12 heavy (non-hydrogen) atoms. The first-order valence-electron chi connectivity index (χ1n) is 5.07. The van der Waals surface area contributed by atoms with Crippen LogP contribution in [0, 0.1) is 5.92 Å². The molecule has 0 amide bonds. The summed E-state index contributed by atoms with van der Waals surface area (Å²) >= 11 is 0. The molecule has 0 radical (unpaired) electrons. The molecule has 1 saturated carbocycles. The second kappa shape index (κ2) is 4.24. The van der Waals surface area contributed by atoms with Gasteiger partial charge in [0.15, 0.2) is 0 Å². The van der Waals surface area contributed by atoms with Crippen molar-refractivity contribution in [2.45, 2.75) is 58.2 Å². The summed E-state index contributed by atoms with van der Waals surface area (Å²) in [6, 6.07) is 1.20. The Hall–Kier alpha value is -0.0800. The van der Waals surface area contributed by atoms with Crippen molar-refractivity contribution in [2.24, 2.45) is 5.92 Å². The Morgan fingerprint density at radius 1 is 1.42 bits per heavy atom. The fraction of sp³-hybridized carbons (Fsp3) is 1.00. The van der Waals surface area contributed by atoms with Crippen LogP contribution in [0.4, 0.5) is 0 Å². The van der Waals surface area contributed by atoms with Crippen LogP contribution < -0.4 is 5.32 Å². The maximum atomic E-state index is 9.10. The van der Waals surface area contributed by atoms with Crippen molar-refractivity contribution in [2.75, 3.05) is 0 Å². The van der Waals surface area contributed by atoms with Crippen molar-refractivity contribution in [3.63, 3.8) is 0 Å². The van der Waals surface area contributed by atoms with E-state index < -0.39 is 0 Å². The van der Waals surface area contributed by atoms with E-state index in [2.05, 4.69) is 26.1 Å². The molecule has 1 rings (SSSR count). The third-order valence-corrected chi connectivity index (χ3v) is 2.81. The highest BCUT2D eigenvalue weighted by molar-refractivity contribution is 4.87. The van der Waals surface area contributed by atoms with E-state index in [4.69, 9.17) is 5.11 Å². The van der Waals surface area contributed by atoms with Crippen molar-refractivity contribution >= 4 is 0 Å². The molecule has 1 aliphatic carbocycles. The van der Waals surface area contributed by atoms with E-state index in [9.17, 15) is 0 Å². The van der Waals surface area contributed by atoms with Crippen molar-refractivity contribution in [3.8, 4) is 0 Å². The second-order valence-corrected chi connectivity index (χ2v) is 4.25. The molecular weight excluding hydrogens is 150 g/mol. The van der Waals surface area contributed by atoms with Gasteiger partial charge in [-0.3, -0.25) is 0 Å². The molecule has 1 aliphatic rings. The Bertz CT molecular complexity index is 130. The summed E-state index contributed by atoms with van der Waals surface area (Å²) in [5.74, 6) is 0.702. The van der Waals surface area contributed by atoms with Crippen LogP contribution in [-0.4, -0.2) is 23.3 Å². The highest BCUT2D eigenvalue weighted by Gasteiger charge is 2.28. The minimum absolute atomic E-state index is 0.0350. The summed E-state index contributed by atoms with van der Waals surface area (Å²) in [7, 11) is 0. The summed E-state index contributed by atoms with van der Waals surface area (Å²) in [6.07, 6.45) is 3.05. The van der Waals surface area contributed by atoms with Gasteiger partial charge in [-0.2, -0.15) is 0 Å². The van der Waals surface area contributed by atoms with E-state index in [1.165, 1.54) is 6.42 Å². The van der Waals surface area contributed by atoms with Crippen LogP contribution in [0.5, 0.6) is 0 Å².